The molecule has 0 amide bonds. The molecule has 1 N–H and O–H groups in total. The molecule has 0 unspecified atom stereocenters. The Balaban J connectivity index is 1.88. The quantitative estimate of drug-likeness (QED) is 0.870. The molecule has 0 heterocycles. The highest BCUT2D eigenvalue weighted by Gasteiger charge is 1.97. The minimum Gasteiger partial charge on any atom is -0.497 e. The highest BCUT2D eigenvalue weighted by Crippen LogP contribution is 2.14. The van der Waals surface area contributed by atoms with Crippen LogP contribution in [0, 0.1) is 5.82 Å². The monoisotopic (exact) mass is 245 g/mol. The van der Waals surface area contributed by atoms with Gasteiger partial charge in [0.2, 0.25) is 0 Å². The lowest BCUT2D eigenvalue weighted by Gasteiger charge is -2.07. The van der Waals surface area contributed by atoms with E-state index >= 15 is 0 Å². The van der Waals surface area contributed by atoms with Crippen LogP contribution in [-0.2, 0) is 6.42 Å². The summed E-state index contributed by atoms with van der Waals surface area (Å²) in [5.41, 5.74) is 2.00. The number of hydrogen-bond donors (Lipinski definition) is 1. The maximum atomic E-state index is 13.0. The number of benzene rings is 2. The Morgan fingerprint density at radius 2 is 1.94 bits per heavy atom. The predicted octanol–water partition coefficient (Wildman–Crippen LogP) is 3.49. The van der Waals surface area contributed by atoms with Crippen LogP contribution in [0.3, 0.4) is 0 Å². The summed E-state index contributed by atoms with van der Waals surface area (Å²) in [6, 6.07) is 14.4. The highest BCUT2D eigenvalue weighted by atomic mass is 19.1. The van der Waals surface area contributed by atoms with Gasteiger partial charge in [-0.15, -0.1) is 0 Å². The van der Waals surface area contributed by atoms with Gasteiger partial charge in [0.25, 0.3) is 0 Å². The second-order valence-corrected chi connectivity index (χ2v) is 4.04. The van der Waals surface area contributed by atoms with Crippen molar-refractivity contribution in [1.82, 2.24) is 0 Å². The van der Waals surface area contributed by atoms with Gasteiger partial charge in [-0.3, -0.25) is 0 Å². The second-order valence-electron chi connectivity index (χ2n) is 4.04. The Morgan fingerprint density at radius 1 is 1.11 bits per heavy atom. The van der Waals surface area contributed by atoms with Crippen LogP contribution >= 0.6 is 0 Å². The van der Waals surface area contributed by atoms with Gasteiger partial charge in [-0.2, -0.15) is 0 Å². The third-order valence-corrected chi connectivity index (χ3v) is 2.70. The average Bonchev–Trinajstić information content (AvgIpc) is 2.39. The highest BCUT2D eigenvalue weighted by molar-refractivity contribution is 5.43. The van der Waals surface area contributed by atoms with Crippen LogP contribution in [0.5, 0.6) is 5.75 Å². The molecule has 2 rings (SSSR count). The van der Waals surface area contributed by atoms with E-state index in [4.69, 9.17) is 4.74 Å². The molecule has 2 aromatic carbocycles. The molecule has 2 nitrogen and oxygen atoms in total. The Bertz CT molecular complexity index is 513. The number of halogens is 1. The van der Waals surface area contributed by atoms with Gasteiger partial charge in [-0.05, 0) is 42.3 Å². The zero-order valence-corrected chi connectivity index (χ0v) is 10.3. The average molecular weight is 245 g/mol. The summed E-state index contributed by atoms with van der Waals surface area (Å²) in [5.74, 6) is 0.639. The van der Waals surface area contributed by atoms with Crippen LogP contribution in [0.4, 0.5) is 10.1 Å². The van der Waals surface area contributed by atoms with Crippen LogP contribution in [0.2, 0.25) is 0 Å². The summed E-state index contributed by atoms with van der Waals surface area (Å²) in [6.07, 6.45) is 0.869. The lowest BCUT2D eigenvalue weighted by atomic mass is 10.1. The van der Waals surface area contributed by atoms with Gasteiger partial charge in [0, 0.05) is 12.2 Å². The van der Waals surface area contributed by atoms with Crippen LogP contribution in [0.15, 0.2) is 48.5 Å². The first kappa shape index (κ1) is 12.4. The molecule has 0 saturated carbocycles. The molecule has 0 aliphatic heterocycles. The fraction of sp³-hybridized carbons (Fsp3) is 0.200. The van der Waals surface area contributed by atoms with Crippen molar-refractivity contribution in [1.29, 1.82) is 0 Å². The molecule has 0 aromatic heterocycles. The third kappa shape index (κ3) is 3.48. The standard InChI is InChI=1S/C15H16FNO/c1-18-15-7-2-4-12(10-15)8-9-17-14-6-3-5-13(16)11-14/h2-7,10-11,17H,8-9H2,1H3. The maximum absolute atomic E-state index is 13.0. The van der Waals surface area contributed by atoms with E-state index in [1.807, 2.05) is 24.3 Å². The van der Waals surface area contributed by atoms with E-state index in [1.54, 1.807) is 13.2 Å². The topological polar surface area (TPSA) is 21.3 Å². The minimum atomic E-state index is -0.221. The molecule has 0 spiro atoms. The van der Waals surface area contributed by atoms with Gasteiger partial charge in [-0.25, -0.2) is 4.39 Å². The van der Waals surface area contributed by atoms with E-state index < -0.39 is 0 Å². The van der Waals surface area contributed by atoms with Crippen molar-refractivity contribution in [2.45, 2.75) is 6.42 Å². The first-order valence-corrected chi connectivity index (χ1v) is 5.90. The minimum absolute atomic E-state index is 0.221. The van der Waals surface area contributed by atoms with Gasteiger partial charge < -0.3 is 10.1 Å². The van der Waals surface area contributed by atoms with Gasteiger partial charge in [0.15, 0.2) is 0 Å². The third-order valence-electron chi connectivity index (χ3n) is 2.70. The number of nitrogens with one attached hydrogen (secondary N) is 1. The molecule has 0 bridgehead atoms. The fourth-order valence-electron chi connectivity index (χ4n) is 1.78. The van der Waals surface area contributed by atoms with Crippen molar-refractivity contribution in [2.24, 2.45) is 0 Å². The first-order valence-electron chi connectivity index (χ1n) is 5.90. The van der Waals surface area contributed by atoms with Crippen molar-refractivity contribution < 1.29 is 9.13 Å². The summed E-state index contributed by atoms with van der Waals surface area (Å²) >= 11 is 0. The van der Waals surface area contributed by atoms with E-state index in [0.717, 1.165) is 24.4 Å². The summed E-state index contributed by atoms with van der Waals surface area (Å²) in [6.45, 7) is 0.761. The van der Waals surface area contributed by atoms with Crippen molar-refractivity contribution in [3.8, 4) is 5.75 Å². The molecule has 18 heavy (non-hydrogen) atoms. The normalized spacial score (nSPS) is 10.1. The maximum Gasteiger partial charge on any atom is 0.125 e. The van der Waals surface area contributed by atoms with Crippen LogP contribution in [0.1, 0.15) is 5.56 Å². The number of ether oxygens (including phenoxy) is 1. The molecule has 3 heteroatoms. The van der Waals surface area contributed by atoms with Gasteiger partial charge in [0.1, 0.15) is 11.6 Å². The molecule has 0 fully saturated rings. The molecule has 94 valence electrons. The first-order chi connectivity index (χ1) is 8.78. The Hall–Kier alpha value is -2.03. The Kier molecular flexibility index (Phi) is 4.18. The van der Waals surface area contributed by atoms with E-state index in [2.05, 4.69) is 11.4 Å². The fourth-order valence-corrected chi connectivity index (χ4v) is 1.78. The number of hydrogen-bond acceptors (Lipinski definition) is 2. The van der Waals surface area contributed by atoms with Gasteiger partial charge in [-0.1, -0.05) is 18.2 Å². The lowest BCUT2D eigenvalue weighted by molar-refractivity contribution is 0.414. The van der Waals surface area contributed by atoms with Crippen molar-refractivity contribution in [3.05, 3.63) is 59.9 Å². The van der Waals surface area contributed by atoms with E-state index in [0.29, 0.717) is 0 Å². The molecule has 0 aliphatic rings. The van der Waals surface area contributed by atoms with Gasteiger partial charge in [0.05, 0.1) is 7.11 Å². The number of rotatable bonds is 5. The molecule has 2 aromatic rings. The molecular formula is C15H16FNO. The Labute approximate surface area is 106 Å². The summed E-state index contributed by atoms with van der Waals surface area (Å²) in [5, 5.41) is 3.19. The zero-order valence-electron chi connectivity index (χ0n) is 10.3. The predicted molar refractivity (Wildman–Crippen MR) is 71.6 cm³/mol. The summed E-state index contributed by atoms with van der Waals surface area (Å²) in [4.78, 5) is 0. The molecule has 0 saturated heterocycles. The lowest BCUT2D eigenvalue weighted by Crippen LogP contribution is -2.05. The second kappa shape index (κ2) is 6.05. The largest absolute Gasteiger partial charge is 0.497 e. The molecule has 0 atom stereocenters. The Morgan fingerprint density at radius 3 is 2.72 bits per heavy atom. The summed E-state index contributed by atoms with van der Waals surface area (Å²) in [7, 11) is 1.66. The summed E-state index contributed by atoms with van der Waals surface area (Å²) < 4.78 is 18.1. The molecular weight excluding hydrogens is 229 g/mol. The van der Waals surface area contributed by atoms with Crippen LogP contribution in [0.25, 0.3) is 0 Å². The number of methoxy groups -OCH3 is 1. The van der Waals surface area contributed by atoms with Crippen molar-refractivity contribution in [3.63, 3.8) is 0 Å². The number of anilines is 1. The van der Waals surface area contributed by atoms with Crippen LogP contribution < -0.4 is 10.1 Å². The molecule has 0 aliphatic carbocycles. The molecule has 0 radical (unpaired) electrons. The van der Waals surface area contributed by atoms with E-state index in [9.17, 15) is 4.39 Å². The van der Waals surface area contributed by atoms with E-state index in [-0.39, 0.29) is 5.82 Å². The van der Waals surface area contributed by atoms with Gasteiger partial charge >= 0.3 is 0 Å². The smallest absolute Gasteiger partial charge is 0.125 e. The SMILES string of the molecule is COc1cccc(CCNc2cccc(F)c2)c1. The van der Waals surface area contributed by atoms with E-state index in [1.165, 1.54) is 17.7 Å². The van der Waals surface area contributed by atoms with Crippen molar-refractivity contribution >= 4 is 5.69 Å². The van der Waals surface area contributed by atoms with Crippen LogP contribution in [-0.4, -0.2) is 13.7 Å². The van der Waals surface area contributed by atoms with Crippen molar-refractivity contribution in [2.75, 3.05) is 19.0 Å². The zero-order chi connectivity index (χ0) is 12.8.